The zero-order chi connectivity index (χ0) is 42.8. The van der Waals surface area contributed by atoms with Crippen molar-refractivity contribution in [2.75, 3.05) is 14.2 Å². The Hall–Kier alpha value is -6.70. The molecule has 2 aromatic heterocycles. The molecule has 14 heteroatoms. The summed E-state index contributed by atoms with van der Waals surface area (Å²) in [6.45, 7) is 3.86. The number of hydrogen-bond donors (Lipinski definition) is 4. The molecule has 318 valence electrons. The predicted octanol–water partition coefficient (Wildman–Crippen LogP) is 7.97. The summed E-state index contributed by atoms with van der Waals surface area (Å²) in [7, 11) is 2.60. The smallest absolute Gasteiger partial charge is 0.407 e. The highest BCUT2D eigenvalue weighted by Crippen LogP contribution is 2.54. The molecule has 0 spiro atoms. The number of alkyl carbamates (subject to hydrolysis) is 2. The molecule has 2 aliphatic carbocycles. The minimum Gasteiger partial charge on any atom is -0.453 e. The van der Waals surface area contributed by atoms with Crippen molar-refractivity contribution in [3.63, 3.8) is 0 Å². The number of hydrogen-bond acceptors (Lipinski definition) is 8. The normalized spacial score (nSPS) is 23.4. The van der Waals surface area contributed by atoms with Crippen LogP contribution in [0.1, 0.15) is 81.3 Å². The number of imidazole rings is 2. The third kappa shape index (κ3) is 6.91. The molecular weight excluding hydrogens is 785 g/mol. The minimum atomic E-state index is -0.878. The molecule has 8 atom stereocenters. The second-order valence-electron chi connectivity index (χ2n) is 17.6. The van der Waals surface area contributed by atoms with Gasteiger partial charge in [0, 0.05) is 17.5 Å². The van der Waals surface area contributed by atoms with Gasteiger partial charge in [-0.05, 0) is 89.6 Å². The number of ether oxygens (including phenoxy) is 2. The highest BCUT2D eigenvalue weighted by molar-refractivity contribution is 6.05. The number of piperidine rings is 2. The molecule has 4 N–H and O–H groups in total. The van der Waals surface area contributed by atoms with Crippen LogP contribution in [0.3, 0.4) is 0 Å². The second kappa shape index (κ2) is 15.6. The largest absolute Gasteiger partial charge is 0.453 e. The van der Waals surface area contributed by atoms with E-state index in [0.29, 0.717) is 17.4 Å². The maximum absolute atomic E-state index is 14.3. The quantitative estimate of drug-likeness (QED) is 0.108. The van der Waals surface area contributed by atoms with E-state index in [-0.39, 0.29) is 41.9 Å². The number of carbonyl (C=O) groups excluding carboxylic acids is 4. The molecule has 0 radical (unpaired) electrons. The molecule has 4 aliphatic rings. The summed E-state index contributed by atoms with van der Waals surface area (Å²) >= 11 is 0. The van der Waals surface area contributed by atoms with Crippen molar-refractivity contribution in [2.45, 2.75) is 82.2 Å². The number of carbonyl (C=O) groups is 4. The van der Waals surface area contributed by atoms with Crippen molar-refractivity contribution in [3.05, 3.63) is 108 Å². The molecule has 2 saturated carbocycles. The van der Waals surface area contributed by atoms with Crippen molar-refractivity contribution < 1.29 is 28.7 Å². The van der Waals surface area contributed by atoms with Crippen LogP contribution < -0.4 is 10.6 Å². The molecule has 4 fully saturated rings. The van der Waals surface area contributed by atoms with Gasteiger partial charge in [-0.3, -0.25) is 9.59 Å². The van der Waals surface area contributed by atoms with Gasteiger partial charge < -0.3 is 39.9 Å². The average molecular weight is 835 g/mol. The van der Waals surface area contributed by atoms with Crippen LogP contribution in [0.15, 0.2) is 91.1 Å². The van der Waals surface area contributed by atoms with Crippen LogP contribution in [-0.2, 0) is 19.1 Å². The molecule has 0 unspecified atom stereocenters. The average Bonchev–Trinajstić information content (AvgIpc) is 3.92. The number of aromatic nitrogens is 4. The molecular formula is C48H50N8O6. The number of rotatable bonds is 10. The first-order chi connectivity index (χ1) is 30.1. The van der Waals surface area contributed by atoms with E-state index in [2.05, 4.69) is 69.1 Å². The van der Waals surface area contributed by atoms with E-state index in [1.807, 2.05) is 66.2 Å². The topological polar surface area (TPSA) is 175 Å². The van der Waals surface area contributed by atoms with E-state index in [0.717, 1.165) is 87.9 Å². The first-order valence-electron chi connectivity index (χ1n) is 21.6. The summed E-state index contributed by atoms with van der Waals surface area (Å²) in [5.41, 5.74) is 6.45. The number of fused-ring (bicyclic) bond motifs is 6. The lowest BCUT2D eigenvalue weighted by Crippen LogP contribution is -2.54. The SMILES string of the molecule is COC(=O)N[C@H](C(=O)N1[C@@H]2CC[C@@H](C2)[C@H]1c1ncc(-c2ccc(-c3ccc4c(ccc5nc([C@@H]6C[C@H]7C[C@H]7N6C(=O)[C@H](NC(=O)OC)c6ccccc6)[nH]c54)c3)cc2)[nH]1)C(C)C. The van der Waals surface area contributed by atoms with Gasteiger partial charge in [0.05, 0.1) is 49.2 Å². The number of likely N-dealkylation sites (tertiary alicyclic amines) is 2. The van der Waals surface area contributed by atoms with E-state index in [1.165, 1.54) is 14.2 Å². The van der Waals surface area contributed by atoms with E-state index >= 15 is 0 Å². The molecule has 62 heavy (non-hydrogen) atoms. The first kappa shape index (κ1) is 39.4. The fourth-order valence-corrected chi connectivity index (χ4v) is 10.4. The number of amides is 4. The molecule has 10 rings (SSSR count). The van der Waals surface area contributed by atoms with Crippen molar-refractivity contribution in [2.24, 2.45) is 17.8 Å². The maximum Gasteiger partial charge on any atom is 0.407 e. The standard InChI is InChI=1S/C48H50N8O6/c1-25(2)39(53-47(59)61-3)45(57)55-33-17-14-31(21-33)42(55)44-49-24-36(51-44)27-12-10-26(11-13-27)29-15-18-34-30(20-29)16-19-35-41(34)52-43(50-35)38-23-32-22-37(32)56(38)46(58)40(54-48(60)62-4)28-8-6-5-7-9-28/h5-13,15-16,18-20,24-25,31-33,37-40,42H,14,17,21-23H2,1-4H3,(H,49,51)(H,50,52)(H,53,59)(H,54,60)/t31-,32+,33+,37+,38-,39-,40+,42-/m0/s1. The van der Waals surface area contributed by atoms with Crippen LogP contribution in [0.4, 0.5) is 9.59 Å². The van der Waals surface area contributed by atoms with Gasteiger partial charge >= 0.3 is 12.2 Å². The number of H-pyrrole nitrogens is 2. The third-order valence-corrected chi connectivity index (χ3v) is 13.6. The molecule has 14 nitrogen and oxygen atoms in total. The number of benzene rings is 4. The van der Waals surface area contributed by atoms with Crippen molar-refractivity contribution in [1.82, 2.24) is 40.4 Å². The van der Waals surface area contributed by atoms with Gasteiger partial charge in [0.1, 0.15) is 23.7 Å². The Labute approximate surface area is 358 Å². The van der Waals surface area contributed by atoms with Crippen LogP contribution in [0.5, 0.6) is 0 Å². The molecule has 4 aromatic carbocycles. The zero-order valence-electron chi connectivity index (χ0n) is 35.1. The fraction of sp³-hybridized carbons (Fsp3) is 0.375. The molecule has 2 bridgehead atoms. The van der Waals surface area contributed by atoms with Gasteiger partial charge in [0.15, 0.2) is 0 Å². The first-order valence-corrected chi connectivity index (χ1v) is 21.6. The number of methoxy groups -OCH3 is 2. The Morgan fingerprint density at radius 1 is 0.742 bits per heavy atom. The summed E-state index contributed by atoms with van der Waals surface area (Å²) in [6.07, 6.45) is 5.24. The van der Waals surface area contributed by atoms with Gasteiger partial charge in [-0.2, -0.15) is 0 Å². The van der Waals surface area contributed by atoms with Gasteiger partial charge in [-0.25, -0.2) is 19.6 Å². The van der Waals surface area contributed by atoms with Gasteiger partial charge in [0.2, 0.25) is 5.91 Å². The summed E-state index contributed by atoms with van der Waals surface area (Å²) in [5, 5.41) is 7.63. The molecule has 2 aliphatic heterocycles. The van der Waals surface area contributed by atoms with Gasteiger partial charge in [-0.15, -0.1) is 0 Å². The lowest BCUT2D eigenvalue weighted by molar-refractivity contribution is -0.139. The molecule has 6 aromatic rings. The van der Waals surface area contributed by atoms with Crippen LogP contribution >= 0.6 is 0 Å². The second-order valence-corrected chi connectivity index (χ2v) is 17.6. The monoisotopic (exact) mass is 834 g/mol. The Balaban J connectivity index is 0.874. The summed E-state index contributed by atoms with van der Waals surface area (Å²) in [6, 6.07) is 26.4. The number of aromatic amines is 2. The highest BCUT2D eigenvalue weighted by atomic mass is 16.5. The van der Waals surface area contributed by atoms with Crippen LogP contribution in [-0.4, -0.2) is 86.1 Å². The van der Waals surface area contributed by atoms with E-state index in [4.69, 9.17) is 19.4 Å². The van der Waals surface area contributed by atoms with E-state index in [9.17, 15) is 19.2 Å². The minimum absolute atomic E-state index is 0.0960. The molecule has 4 amide bonds. The van der Waals surface area contributed by atoms with Gasteiger partial charge in [0.25, 0.3) is 5.91 Å². The van der Waals surface area contributed by atoms with Crippen LogP contribution in [0.2, 0.25) is 0 Å². The number of nitrogens with zero attached hydrogens (tertiary/aromatic N) is 4. The summed E-state index contributed by atoms with van der Waals surface area (Å²) in [4.78, 5) is 73.7. The van der Waals surface area contributed by atoms with Crippen LogP contribution in [0, 0.1) is 17.8 Å². The molecule has 2 saturated heterocycles. The molecule has 4 heterocycles. The fourth-order valence-electron chi connectivity index (χ4n) is 10.4. The highest BCUT2D eigenvalue weighted by Gasteiger charge is 2.56. The Morgan fingerprint density at radius 2 is 1.48 bits per heavy atom. The summed E-state index contributed by atoms with van der Waals surface area (Å²) < 4.78 is 9.73. The predicted molar refractivity (Wildman–Crippen MR) is 232 cm³/mol. The Morgan fingerprint density at radius 3 is 2.24 bits per heavy atom. The Bertz CT molecular complexity index is 2690. The third-order valence-electron chi connectivity index (χ3n) is 13.6. The lowest BCUT2D eigenvalue weighted by Gasteiger charge is -2.37. The lowest BCUT2D eigenvalue weighted by atomic mass is 9.95. The van der Waals surface area contributed by atoms with Crippen molar-refractivity contribution in [1.29, 1.82) is 0 Å². The van der Waals surface area contributed by atoms with Crippen molar-refractivity contribution in [3.8, 4) is 22.4 Å². The maximum atomic E-state index is 14.3. The van der Waals surface area contributed by atoms with E-state index < -0.39 is 24.3 Å². The zero-order valence-corrected chi connectivity index (χ0v) is 35.1. The van der Waals surface area contributed by atoms with E-state index in [1.54, 1.807) is 0 Å². The van der Waals surface area contributed by atoms with Crippen molar-refractivity contribution >= 4 is 45.8 Å². The Kier molecular flexibility index (Phi) is 9.95. The number of nitrogens with one attached hydrogen (secondary N) is 4. The van der Waals surface area contributed by atoms with Gasteiger partial charge in [-0.1, -0.05) is 86.6 Å². The summed E-state index contributed by atoms with van der Waals surface area (Å²) in [5.74, 6) is 1.85. The van der Waals surface area contributed by atoms with Crippen LogP contribution in [0.25, 0.3) is 44.2 Å².